The molecule has 1 unspecified atom stereocenters. The maximum absolute atomic E-state index is 12.2. The number of carbonyl (C=O) groups excluding carboxylic acids is 1. The van der Waals surface area contributed by atoms with Crippen LogP contribution in [0.3, 0.4) is 0 Å². The summed E-state index contributed by atoms with van der Waals surface area (Å²) in [5.41, 5.74) is 2.33. The molecule has 0 aliphatic carbocycles. The molecule has 21 heavy (non-hydrogen) atoms. The minimum Gasteiger partial charge on any atom is -0.501 e. The van der Waals surface area contributed by atoms with Gasteiger partial charge in [-0.1, -0.05) is 0 Å². The summed E-state index contributed by atoms with van der Waals surface area (Å²) < 4.78 is 16.0. The van der Waals surface area contributed by atoms with Gasteiger partial charge in [0.1, 0.15) is 5.76 Å². The van der Waals surface area contributed by atoms with Crippen LogP contribution in [0.1, 0.15) is 23.6 Å². The molecule has 0 saturated carbocycles. The highest BCUT2D eigenvalue weighted by molar-refractivity contribution is 5.89. The number of benzene rings is 1. The van der Waals surface area contributed by atoms with Crippen LogP contribution in [0, 0.1) is 0 Å². The number of carbonyl (C=O) groups is 1. The summed E-state index contributed by atoms with van der Waals surface area (Å²) in [4.78, 5) is 14.1. The van der Waals surface area contributed by atoms with E-state index in [1.54, 1.807) is 27.4 Å². The molecule has 1 amide bonds. The molecule has 2 aliphatic heterocycles. The van der Waals surface area contributed by atoms with Gasteiger partial charge in [0.2, 0.25) is 5.91 Å². The molecule has 0 N–H and O–H groups in total. The van der Waals surface area contributed by atoms with Crippen LogP contribution in [-0.2, 0) is 16.0 Å². The maximum atomic E-state index is 12.2. The van der Waals surface area contributed by atoms with Crippen LogP contribution in [-0.4, -0.2) is 38.7 Å². The van der Waals surface area contributed by atoms with Crippen LogP contribution in [0.25, 0.3) is 0 Å². The van der Waals surface area contributed by atoms with E-state index in [0.717, 1.165) is 30.0 Å². The van der Waals surface area contributed by atoms with Gasteiger partial charge in [0.25, 0.3) is 0 Å². The lowest BCUT2D eigenvalue weighted by Gasteiger charge is -2.39. The highest BCUT2D eigenvalue weighted by atomic mass is 16.5. The van der Waals surface area contributed by atoms with Crippen LogP contribution < -0.4 is 9.47 Å². The van der Waals surface area contributed by atoms with Gasteiger partial charge in [0, 0.05) is 19.0 Å². The van der Waals surface area contributed by atoms with Crippen LogP contribution >= 0.6 is 0 Å². The Morgan fingerprint density at radius 1 is 1.10 bits per heavy atom. The molecule has 0 radical (unpaired) electrons. The molecule has 5 heteroatoms. The normalized spacial score (nSPS) is 20.3. The Morgan fingerprint density at radius 3 is 2.48 bits per heavy atom. The first-order chi connectivity index (χ1) is 10.2. The van der Waals surface area contributed by atoms with Crippen molar-refractivity contribution in [2.45, 2.75) is 18.9 Å². The van der Waals surface area contributed by atoms with Gasteiger partial charge in [-0.2, -0.15) is 0 Å². The minimum atomic E-state index is 0.0148. The monoisotopic (exact) mass is 289 g/mol. The zero-order valence-corrected chi connectivity index (χ0v) is 12.5. The lowest BCUT2D eigenvalue weighted by Crippen LogP contribution is -2.42. The van der Waals surface area contributed by atoms with Gasteiger partial charge in [-0.3, -0.25) is 4.79 Å². The molecule has 1 aromatic carbocycles. The van der Waals surface area contributed by atoms with E-state index in [0.29, 0.717) is 12.2 Å². The molecule has 2 heterocycles. The van der Waals surface area contributed by atoms with Crippen molar-refractivity contribution in [1.29, 1.82) is 0 Å². The first-order valence-corrected chi connectivity index (χ1v) is 6.98. The number of methoxy groups -OCH3 is 3. The zero-order valence-electron chi connectivity index (χ0n) is 12.5. The van der Waals surface area contributed by atoms with Gasteiger partial charge < -0.3 is 19.1 Å². The Bertz CT molecular complexity index is 609. The fraction of sp³-hybridized carbons (Fsp3) is 0.438. The quantitative estimate of drug-likeness (QED) is 0.854. The Morgan fingerprint density at radius 2 is 1.81 bits per heavy atom. The molecule has 0 bridgehead atoms. The summed E-state index contributed by atoms with van der Waals surface area (Å²) >= 11 is 0. The van der Waals surface area contributed by atoms with Gasteiger partial charge in [0.15, 0.2) is 11.5 Å². The number of rotatable bonds is 3. The summed E-state index contributed by atoms with van der Waals surface area (Å²) in [6.45, 7) is 0.722. The smallest absolute Gasteiger partial charge is 0.250 e. The molecule has 0 spiro atoms. The Kier molecular flexibility index (Phi) is 3.49. The first kappa shape index (κ1) is 13.8. The third-order valence-corrected chi connectivity index (χ3v) is 4.23. The predicted octanol–water partition coefficient (Wildman–Crippen LogP) is 2.06. The highest BCUT2D eigenvalue weighted by Crippen LogP contribution is 2.42. The van der Waals surface area contributed by atoms with Crippen LogP contribution in [0.2, 0.25) is 0 Å². The summed E-state index contributed by atoms with van der Waals surface area (Å²) in [6.07, 6.45) is 3.11. The lowest BCUT2D eigenvalue weighted by molar-refractivity contribution is -0.130. The molecule has 112 valence electrons. The van der Waals surface area contributed by atoms with Gasteiger partial charge >= 0.3 is 0 Å². The van der Waals surface area contributed by atoms with Gasteiger partial charge in [-0.05, 0) is 29.7 Å². The van der Waals surface area contributed by atoms with Crippen molar-refractivity contribution in [2.75, 3.05) is 27.9 Å². The van der Waals surface area contributed by atoms with E-state index in [2.05, 4.69) is 0 Å². The van der Waals surface area contributed by atoms with E-state index in [1.165, 1.54) is 5.56 Å². The number of nitrogens with zero attached hydrogens (tertiary/aromatic N) is 1. The minimum absolute atomic E-state index is 0.0148. The van der Waals surface area contributed by atoms with Gasteiger partial charge in [-0.15, -0.1) is 0 Å². The number of fused-ring (bicyclic) bond motifs is 3. The highest BCUT2D eigenvalue weighted by Gasteiger charge is 2.35. The molecular formula is C16H19NO4. The molecule has 2 aliphatic rings. The van der Waals surface area contributed by atoms with E-state index in [9.17, 15) is 4.79 Å². The van der Waals surface area contributed by atoms with E-state index >= 15 is 0 Å². The molecule has 0 fully saturated rings. The van der Waals surface area contributed by atoms with E-state index in [4.69, 9.17) is 14.2 Å². The van der Waals surface area contributed by atoms with Gasteiger partial charge in [-0.25, -0.2) is 0 Å². The summed E-state index contributed by atoms with van der Waals surface area (Å²) in [6, 6.07) is 4.01. The standard InChI is InChI=1S/C16H19NO4/c1-19-11-7-13-12-9-15(21-3)14(20-2)6-10(12)4-5-17(13)16(18)8-11/h6,8-9,13H,4-5,7H2,1-3H3. The van der Waals surface area contributed by atoms with Crippen molar-refractivity contribution in [3.8, 4) is 11.5 Å². The fourth-order valence-corrected chi connectivity index (χ4v) is 3.12. The first-order valence-electron chi connectivity index (χ1n) is 6.98. The molecule has 1 atom stereocenters. The average molecular weight is 289 g/mol. The second-order valence-corrected chi connectivity index (χ2v) is 5.22. The van der Waals surface area contributed by atoms with E-state index < -0.39 is 0 Å². The molecule has 5 nitrogen and oxygen atoms in total. The Balaban J connectivity index is 2.05. The van der Waals surface area contributed by atoms with Gasteiger partial charge in [0.05, 0.1) is 27.4 Å². The molecular weight excluding hydrogens is 270 g/mol. The van der Waals surface area contributed by atoms with Crippen molar-refractivity contribution in [3.05, 3.63) is 35.1 Å². The SMILES string of the molecule is COC1=CC(=O)N2CCc3cc(OC)c(OC)cc3C2C1. The largest absolute Gasteiger partial charge is 0.501 e. The zero-order chi connectivity index (χ0) is 15.0. The lowest BCUT2D eigenvalue weighted by atomic mass is 9.88. The predicted molar refractivity (Wildman–Crippen MR) is 77.4 cm³/mol. The number of hydrogen-bond donors (Lipinski definition) is 0. The van der Waals surface area contributed by atoms with Crippen molar-refractivity contribution >= 4 is 5.91 Å². The average Bonchev–Trinajstić information content (AvgIpc) is 2.52. The van der Waals surface area contributed by atoms with Crippen molar-refractivity contribution in [2.24, 2.45) is 0 Å². The van der Waals surface area contributed by atoms with E-state index in [1.807, 2.05) is 17.0 Å². The maximum Gasteiger partial charge on any atom is 0.250 e. The summed E-state index contributed by atoms with van der Waals surface area (Å²) in [7, 11) is 4.86. The second kappa shape index (κ2) is 5.31. The molecule has 0 aromatic heterocycles. The number of hydrogen-bond acceptors (Lipinski definition) is 4. The molecule has 0 saturated heterocycles. The second-order valence-electron chi connectivity index (χ2n) is 5.22. The topological polar surface area (TPSA) is 48.0 Å². The van der Waals surface area contributed by atoms with Crippen LogP contribution in [0.5, 0.6) is 11.5 Å². The third-order valence-electron chi connectivity index (χ3n) is 4.23. The third kappa shape index (κ3) is 2.22. The number of amides is 1. The Hall–Kier alpha value is -2.17. The number of ether oxygens (including phenoxy) is 3. The van der Waals surface area contributed by atoms with Crippen LogP contribution in [0.4, 0.5) is 0 Å². The fourth-order valence-electron chi connectivity index (χ4n) is 3.12. The molecule has 1 aromatic rings. The van der Waals surface area contributed by atoms with Crippen molar-refractivity contribution < 1.29 is 19.0 Å². The molecule has 3 rings (SSSR count). The van der Waals surface area contributed by atoms with Crippen molar-refractivity contribution in [1.82, 2.24) is 4.90 Å². The van der Waals surface area contributed by atoms with Crippen LogP contribution in [0.15, 0.2) is 24.0 Å². The summed E-state index contributed by atoms with van der Waals surface area (Å²) in [5, 5.41) is 0. The van der Waals surface area contributed by atoms with Crippen molar-refractivity contribution in [3.63, 3.8) is 0 Å². The van der Waals surface area contributed by atoms with E-state index in [-0.39, 0.29) is 11.9 Å². The summed E-state index contributed by atoms with van der Waals surface area (Å²) in [5.74, 6) is 2.17. The Labute approximate surface area is 124 Å².